The van der Waals surface area contributed by atoms with Crippen molar-refractivity contribution in [1.29, 1.82) is 0 Å². The molecule has 0 fully saturated rings. The Kier molecular flexibility index (Phi) is 3.88. The van der Waals surface area contributed by atoms with Crippen molar-refractivity contribution in [2.24, 2.45) is 7.05 Å². The molecule has 0 spiro atoms. The van der Waals surface area contributed by atoms with Crippen molar-refractivity contribution < 1.29 is 14.3 Å². The number of Topliss-reactive ketones (excluding diaryl/α,β-unsaturated/α-hetero) is 1. The second-order valence-corrected chi connectivity index (χ2v) is 6.56. The molecule has 4 heteroatoms. The van der Waals surface area contributed by atoms with Gasteiger partial charge in [-0.1, -0.05) is 24.8 Å². The molecule has 4 rings (SSSR count). The summed E-state index contributed by atoms with van der Waals surface area (Å²) in [6.07, 6.45) is 3.80. The first-order valence-electron chi connectivity index (χ1n) is 8.42. The van der Waals surface area contributed by atoms with Gasteiger partial charge in [0.1, 0.15) is 18.1 Å². The monoisotopic (exact) mass is 345 g/mol. The van der Waals surface area contributed by atoms with Crippen LogP contribution in [0.2, 0.25) is 0 Å². The zero-order valence-corrected chi connectivity index (χ0v) is 14.8. The largest absolute Gasteiger partial charge is 0.489 e. The fourth-order valence-electron chi connectivity index (χ4n) is 3.09. The molecule has 0 atom stereocenters. The topological polar surface area (TPSA) is 40.5 Å². The van der Waals surface area contributed by atoms with Crippen LogP contribution in [0.3, 0.4) is 0 Å². The van der Waals surface area contributed by atoms with Crippen molar-refractivity contribution in [3.05, 3.63) is 77.7 Å². The van der Waals surface area contributed by atoms with Gasteiger partial charge in [-0.15, -0.1) is 0 Å². The molecule has 0 unspecified atom stereocenters. The van der Waals surface area contributed by atoms with E-state index in [-0.39, 0.29) is 5.78 Å². The number of nitrogens with zero attached hydrogens (tertiary/aromatic N) is 1. The van der Waals surface area contributed by atoms with Gasteiger partial charge in [0.2, 0.25) is 5.78 Å². The predicted octanol–water partition coefficient (Wildman–Crippen LogP) is 4.75. The third-order valence-corrected chi connectivity index (χ3v) is 4.34. The summed E-state index contributed by atoms with van der Waals surface area (Å²) in [4.78, 5) is 12.7. The second-order valence-electron chi connectivity index (χ2n) is 6.56. The number of carbonyl (C=O) groups excluding carboxylic acids is 1. The van der Waals surface area contributed by atoms with Gasteiger partial charge in [0, 0.05) is 35.8 Å². The van der Waals surface area contributed by atoms with Gasteiger partial charge in [0.25, 0.3) is 0 Å². The van der Waals surface area contributed by atoms with Gasteiger partial charge in [0.05, 0.1) is 5.56 Å². The van der Waals surface area contributed by atoms with E-state index in [1.54, 1.807) is 24.3 Å². The Labute approximate surface area is 152 Å². The zero-order valence-electron chi connectivity index (χ0n) is 14.8. The molecule has 0 bridgehead atoms. The van der Waals surface area contributed by atoms with E-state index in [9.17, 15) is 4.79 Å². The van der Waals surface area contributed by atoms with E-state index in [2.05, 4.69) is 12.6 Å². The standard InChI is InChI=1S/C22H19NO3/c1-14(2)13-25-16-8-9-18-20(11-16)26-21(22(18)24)10-15-12-23(3)19-7-5-4-6-17(15)19/h4-12H,1,13H2,2-3H3/b21-10-. The lowest BCUT2D eigenvalue weighted by atomic mass is 10.1. The third-order valence-electron chi connectivity index (χ3n) is 4.34. The van der Waals surface area contributed by atoms with Crippen molar-refractivity contribution in [2.75, 3.05) is 6.61 Å². The van der Waals surface area contributed by atoms with Crippen LogP contribution in [-0.4, -0.2) is 17.0 Å². The first-order chi connectivity index (χ1) is 12.5. The van der Waals surface area contributed by atoms with Crippen LogP contribution in [0.5, 0.6) is 11.5 Å². The van der Waals surface area contributed by atoms with Gasteiger partial charge in [-0.25, -0.2) is 0 Å². The van der Waals surface area contributed by atoms with Crippen molar-refractivity contribution in [1.82, 2.24) is 4.57 Å². The SMILES string of the molecule is C=C(C)COc1ccc2c(c1)O/C(=C\c1cn(C)c3ccccc13)C2=O. The van der Waals surface area contributed by atoms with E-state index < -0.39 is 0 Å². The first kappa shape index (κ1) is 16.2. The fraction of sp³-hybridized carbons (Fsp3) is 0.136. The number of carbonyl (C=O) groups is 1. The Balaban J connectivity index is 1.67. The number of fused-ring (bicyclic) bond motifs is 2. The van der Waals surface area contributed by atoms with Crippen LogP contribution in [0.4, 0.5) is 0 Å². The van der Waals surface area contributed by atoms with Crippen LogP contribution in [-0.2, 0) is 7.05 Å². The minimum absolute atomic E-state index is 0.112. The smallest absolute Gasteiger partial charge is 0.231 e. The minimum Gasteiger partial charge on any atom is -0.489 e. The summed E-state index contributed by atoms with van der Waals surface area (Å²) in [5.74, 6) is 1.40. The molecule has 0 amide bonds. The molecule has 0 saturated heterocycles. The summed E-state index contributed by atoms with van der Waals surface area (Å²) < 4.78 is 13.5. The molecular formula is C22H19NO3. The number of ether oxygens (including phenoxy) is 2. The predicted molar refractivity (Wildman–Crippen MR) is 103 cm³/mol. The van der Waals surface area contributed by atoms with Gasteiger partial charge < -0.3 is 14.0 Å². The molecule has 0 radical (unpaired) electrons. The Morgan fingerprint density at radius 3 is 2.88 bits per heavy atom. The second kappa shape index (κ2) is 6.23. The molecule has 1 aromatic heterocycles. The molecule has 2 aromatic carbocycles. The Morgan fingerprint density at radius 1 is 1.27 bits per heavy atom. The van der Waals surface area contributed by atoms with Crippen LogP contribution in [0, 0.1) is 0 Å². The minimum atomic E-state index is -0.112. The van der Waals surface area contributed by atoms with Crippen LogP contribution in [0.25, 0.3) is 17.0 Å². The number of aryl methyl sites for hydroxylation is 1. The number of allylic oxidation sites excluding steroid dienone is 1. The molecule has 0 N–H and O–H groups in total. The fourth-order valence-corrected chi connectivity index (χ4v) is 3.09. The van der Waals surface area contributed by atoms with E-state index in [4.69, 9.17) is 9.47 Å². The van der Waals surface area contributed by atoms with Gasteiger partial charge >= 0.3 is 0 Å². The summed E-state index contributed by atoms with van der Waals surface area (Å²) in [6.45, 7) is 6.16. The maximum Gasteiger partial charge on any atom is 0.231 e. The molecule has 3 aromatic rings. The molecule has 0 saturated carbocycles. The van der Waals surface area contributed by atoms with Crippen molar-refractivity contribution >= 4 is 22.8 Å². The van der Waals surface area contributed by atoms with Gasteiger partial charge in [-0.2, -0.15) is 0 Å². The molecule has 0 aliphatic carbocycles. The first-order valence-corrected chi connectivity index (χ1v) is 8.42. The summed E-state index contributed by atoms with van der Waals surface area (Å²) in [5.41, 5.74) is 3.55. The average molecular weight is 345 g/mol. The summed E-state index contributed by atoms with van der Waals surface area (Å²) in [6, 6.07) is 13.4. The lowest BCUT2D eigenvalue weighted by molar-refractivity contribution is 0.101. The molecule has 130 valence electrons. The maximum atomic E-state index is 12.7. The molecule has 26 heavy (non-hydrogen) atoms. The zero-order chi connectivity index (χ0) is 18.3. The highest BCUT2D eigenvalue weighted by atomic mass is 16.5. The number of aromatic nitrogens is 1. The highest BCUT2D eigenvalue weighted by molar-refractivity contribution is 6.15. The van der Waals surface area contributed by atoms with Crippen LogP contribution < -0.4 is 9.47 Å². The number of para-hydroxylation sites is 1. The lowest BCUT2D eigenvalue weighted by Crippen LogP contribution is -1.98. The Morgan fingerprint density at radius 2 is 2.08 bits per heavy atom. The maximum absolute atomic E-state index is 12.7. The average Bonchev–Trinajstić information content (AvgIpc) is 3.11. The number of ketones is 1. The van der Waals surface area contributed by atoms with Crippen LogP contribution >= 0.6 is 0 Å². The molecular weight excluding hydrogens is 326 g/mol. The van der Waals surface area contributed by atoms with Gasteiger partial charge in [-0.3, -0.25) is 4.79 Å². The van der Waals surface area contributed by atoms with E-state index >= 15 is 0 Å². The Hall–Kier alpha value is -3.27. The molecule has 1 aliphatic rings. The van der Waals surface area contributed by atoms with E-state index in [1.165, 1.54) is 0 Å². The number of hydrogen-bond acceptors (Lipinski definition) is 3. The summed E-state index contributed by atoms with van der Waals surface area (Å²) in [7, 11) is 1.99. The lowest BCUT2D eigenvalue weighted by Gasteiger charge is -2.06. The summed E-state index contributed by atoms with van der Waals surface area (Å²) >= 11 is 0. The number of hydrogen-bond donors (Lipinski definition) is 0. The van der Waals surface area contributed by atoms with Gasteiger partial charge in [0.15, 0.2) is 5.76 Å². The molecule has 2 heterocycles. The quantitative estimate of drug-likeness (QED) is 0.506. The number of benzene rings is 2. The van der Waals surface area contributed by atoms with Crippen molar-refractivity contribution in [3.63, 3.8) is 0 Å². The van der Waals surface area contributed by atoms with Crippen LogP contribution in [0.15, 0.2) is 66.6 Å². The molecule has 1 aliphatic heterocycles. The van der Waals surface area contributed by atoms with E-state index in [0.29, 0.717) is 29.4 Å². The van der Waals surface area contributed by atoms with Crippen LogP contribution in [0.1, 0.15) is 22.8 Å². The number of rotatable bonds is 4. The molecule has 4 nitrogen and oxygen atoms in total. The van der Waals surface area contributed by atoms with Crippen molar-refractivity contribution in [3.8, 4) is 11.5 Å². The van der Waals surface area contributed by atoms with Gasteiger partial charge in [-0.05, 0) is 36.8 Å². The Bertz CT molecular complexity index is 1070. The highest BCUT2D eigenvalue weighted by Crippen LogP contribution is 2.35. The normalized spacial score (nSPS) is 14.5. The third kappa shape index (κ3) is 2.80. The van der Waals surface area contributed by atoms with Crippen molar-refractivity contribution in [2.45, 2.75) is 6.92 Å². The van der Waals surface area contributed by atoms with E-state index in [0.717, 1.165) is 22.0 Å². The highest BCUT2D eigenvalue weighted by Gasteiger charge is 2.28. The summed E-state index contributed by atoms with van der Waals surface area (Å²) in [5, 5.41) is 1.08. The van der Waals surface area contributed by atoms with E-state index in [1.807, 2.05) is 42.9 Å².